The summed E-state index contributed by atoms with van der Waals surface area (Å²) in [5, 5.41) is 0. The van der Waals surface area contributed by atoms with Gasteiger partial charge in [-0.3, -0.25) is 4.79 Å². The Morgan fingerprint density at radius 3 is 2.55 bits per heavy atom. The van der Waals surface area contributed by atoms with Crippen LogP contribution in [-0.4, -0.2) is 37.6 Å². The van der Waals surface area contributed by atoms with E-state index in [0.29, 0.717) is 31.9 Å². The van der Waals surface area contributed by atoms with Gasteiger partial charge < -0.3 is 15.4 Å². The predicted octanol–water partition coefficient (Wildman–Crippen LogP) is 2.21. The second kappa shape index (κ2) is 10.5. The number of nitrogens with two attached hydrogens (primary N) is 1. The molecule has 20 heavy (non-hydrogen) atoms. The highest BCUT2D eigenvalue weighted by molar-refractivity contribution is 5.85. The first-order chi connectivity index (χ1) is 9.13. The summed E-state index contributed by atoms with van der Waals surface area (Å²) in [6.45, 7) is 1.68. The number of carbonyl (C=O) groups excluding carboxylic acids is 1. The highest BCUT2D eigenvalue weighted by atomic mass is 35.5. The number of amides is 1. The fourth-order valence-corrected chi connectivity index (χ4v) is 1.59. The van der Waals surface area contributed by atoms with Gasteiger partial charge in [0.2, 0.25) is 5.91 Å². The summed E-state index contributed by atoms with van der Waals surface area (Å²) in [6, 6.07) is 5.90. The summed E-state index contributed by atoms with van der Waals surface area (Å²) in [5.74, 6) is 0.461. The lowest BCUT2D eigenvalue weighted by atomic mass is 10.2. The van der Waals surface area contributed by atoms with Gasteiger partial charge in [0.05, 0.1) is 6.61 Å². The number of nitrogens with zero attached hydrogens (tertiary/aromatic N) is 1. The van der Waals surface area contributed by atoms with Gasteiger partial charge in [-0.1, -0.05) is 0 Å². The number of hydrogen-bond donors (Lipinski definition) is 1. The molecule has 4 nitrogen and oxygen atoms in total. The number of carbonyl (C=O) groups is 1. The van der Waals surface area contributed by atoms with Gasteiger partial charge in [-0.25, -0.2) is 4.39 Å². The molecule has 0 heterocycles. The first-order valence-corrected chi connectivity index (χ1v) is 6.46. The number of hydrogen-bond acceptors (Lipinski definition) is 3. The summed E-state index contributed by atoms with van der Waals surface area (Å²) in [7, 11) is 1.77. The van der Waals surface area contributed by atoms with Gasteiger partial charge in [0.15, 0.2) is 0 Å². The highest BCUT2D eigenvalue weighted by Gasteiger charge is 2.07. The van der Waals surface area contributed by atoms with Crippen molar-refractivity contribution in [2.75, 3.05) is 26.7 Å². The molecule has 0 aliphatic rings. The van der Waals surface area contributed by atoms with Gasteiger partial charge in [0.1, 0.15) is 11.6 Å². The summed E-state index contributed by atoms with van der Waals surface area (Å²) in [4.78, 5) is 13.3. The van der Waals surface area contributed by atoms with Gasteiger partial charge in [-0.15, -0.1) is 12.4 Å². The van der Waals surface area contributed by atoms with Gasteiger partial charge in [0, 0.05) is 20.0 Å². The maximum Gasteiger partial charge on any atom is 0.222 e. The first-order valence-electron chi connectivity index (χ1n) is 6.46. The zero-order valence-electron chi connectivity index (χ0n) is 11.7. The molecule has 0 radical (unpaired) electrons. The highest BCUT2D eigenvalue weighted by Crippen LogP contribution is 2.11. The first kappa shape index (κ1) is 18.7. The minimum Gasteiger partial charge on any atom is -0.494 e. The van der Waals surface area contributed by atoms with Gasteiger partial charge >= 0.3 is 0 Å². The third-order valence-corrected chi connectivity index (χ3v) is 2.74. The van der Waals surface area contributed by atoms with Gasteiger partial charge in [-0.05, 0) is 43.7 Å². The third kappa shape index (κ3) is 7.31. The minimum atomic E-state index is -0.280. The minimum absolute atomic E-state index is 0. The lowest BCUT2D eigenvalue weighted by Crippen LogP contribution is -2.28. The maximum absolute atomic E-state index is 12.7. The van der Waals surface area contributed by atoms with E-state index in [1.165, 1.54) is 12.1 Å². The SMILES string of the molecule is CN(CCCOc1ccc(F)cc1)C(=O)CCCN.Cl. The van der Waals surface area contributed by atoms with E-state index in [1.807, 2.05) is 0 Å². The molecular weight excluding hydrogens is 283 g/mol. The zero-order chi connectivity index (χ0) is 14.1. The largest absolute Gasteiger partial charge is 0.494 e. The second-order valence-electron chi connectivity index (χ2n) is 4.36. The number of benzene rings is 1. The Balaban J connectivity index is 0.00000361. The quantitative estimate of drug-likeness (QED) is 0.749. The van der Waals surface area contributed by atoms with Crippen LogP contribution in [0.4, 0.5) is 4.39 Å². The van der Waals surface area contributed by atoms with E-state index in [-0.39, 0.29) is 24.1 Å². The van der Waals surface area contributed by atoms with Crippen LogP contribution < -0.4 is 10.5 Å². The van der Waals surface area contributed by atoms with Crippen LogP contribution in [0.15, 0.2) is 24.3 Å². The van der Waals surface area contributed by atoms with Crippen LogP contribution in [0.1, 0.15) is 19.3 Å². The summed E-state index contributed by atoms with van der Waals surface area (Å²) >= 11 is 0. The van der Waals surface area contributed by atoms with Crippen LogP contribution in [0.5, 0.6) is 5.75 Å². The summed E-state index contributed by atoms with van der Waals surface area (Å²) in [5.41, 5.74) is 5.36. The Morgan fingerprint density at radius 1 is 1.30 bits per heavy atom. The van der Waals surface area contributed by atoms with Crippen molar-refractivity contribution in [2.24, 2.45) is 5.73 Å². The lowest BCUT2D eigenvalue weighted by Gasteiger charge is -2.17. The number of ether oxygens (including phenoxy) is 1. The molecule has 1 aromatic carbocycles. The molecule has 0 atom stereocenters. The molecule has 2 N–H and O–H groups in total. The van der Waals surface area contributed by atoms with Crippen LogP contribution in [0, 0.1) is 5.82 Å². The molecule has 0 bridgehead atoms. The van der Waals surface area contributed by atoms with E-state index in [4.69, 9.17) is 10.5 Å². The van der Waals surface area contributed by atoms with Crippen LogP contribution in [0.2, 0.25) is 0 Å². The smallest absolute Gasteiger partial charge is 0.222 e. The van der Waals surface area contributed by atoms with Crippen molar-refractivity contribution < 1.29 is 13.9 Å². The molecule has 1 amide bonds. The Labute approximate surface area is 125 Å². The van der Waals surface area contributed by atoms with E-state index in [9.17, 15) is 9.18 Å². The monoisotopic (exact) mass is 304 g/mol. The van der Waals surface area contributed by atoms with Crippen LogP contribution in [0.3, 0.4) is 0 Å². The molecule has 114 valence electrons. The third-order valence-electron chi connectivity index (χ3n) is 2.74. The second-order valence-corrected chi connectivity index (χ2v) is 4.36. The number of rotatable bonds is 8. The molecular formula is C14H22ClFN2O2. The predicted molar refractivity (Wildman–Crippen MR) is 79.7 cm³/mol. The van der Waals surface area contributed by atoms with Crippen molar-refractivity contribution in [1.82, 2.24) is 4.90 Å². The van der Waals surface area contributed by atoms with E-state index in [1.54, 1.807) is 24.1 Å². The lowest BCUT2D eigenvalue weighted by molar-refractivity contribution is -0.130. The molecule has 0 saturated heterocycles. The average Bonchev–Trinajstić information content (AvgIpc) is 2.42. The Bertz CT molecular complexity index is 387. The van der Waals surface area contributed by atoms with Gasteiger partial charge in [0.25, 0.3) is 0 Å². The van der Waals surface area contributed by atoms with E-state index < -0.39 is 0 Å². The Hall–Kier alpha value is -1.33. The van der Waals surface area contributed by atoms with Crippen molar-refractivity contribution in [1.29, 1.82) is 0 Å². The molecule has 0 unspecified atom stereocenters. The normalized spacial score (nSPS) is 9.75. The molecule has 0 fully saturated rings. The standard InChI is InChI=1S/C14H21FN2O2.ClH/c1-17(14(18)4-2-9-16)10-3-11-19-13-7-5-12(15)6-8-13;/h5-8H,2-4,9-11,16H2,1H3;1H. The Morgan fingerprint density at radius 2 is 1.95 bits per heavy atom. The summed E-state index contributed by atoms with van der Waals surface area (Å²) in [6.07, 6.45) is 1.95. The summed E-state index contributed by atoms with van der Waals surface area (Å²) < 4.78 is 18.1. The Kier molecular flexibility index (Phi) is 9.76. The molecule has 1 rings (SSSR count). The molecule has 1 aromatic rings. The van der Waals surface area contributed by atoms with Crippen LogP contribution in [0.25, 0.3) is 0 Å². The molecule has 0 spiro atoms. The number of halogens is 2. The van der Waals surface area contributed by atoms with E-state index >= 15 is 0 Å². The van der Waals surface area contributed by atoms with Crippen molar-refractivity contribution in [3.8, 4) is 5.75 Å². The molecule has 0 aromatic heterocycles. The zero-order valence-corrected chi connectivity index (χ0v) is 12.5. The fraction of sp³-hybridized carbons (Fsp3) is 0.500. The van der Waals surface area contributed by atoms with Crippen molar-refractivity contribution in [3.05, 3.63) is 30.1 Å². The van der Waals surface area contributed by atoms with Crippen LogP contribution in [-0.2, 0) is 4.79 Å². The van der Waals surface area contributed by atoms with Crippen molar-refractivity contribution in [2.45, 2.75) is 19.3 Å². The maximum atomic E-state index is 12.7. The van der Waals surface area contributed by atoms with Crippen molar-refractivity contribution in [3.63, 3.8) is 0 Å². The fourth-order valence-electron chi connectivity index (χ4n) is 1.59. The molecule has 0 aliphatic carbocycles. The molecule has 6 heteroatoms. The van der Waals surface area contributed by atoms with E-state index in [0.717, 1.165) is 12.8 Å². The van der Waals surface area contributed by atoms with Crippen LogP contribution >= 0.6 is 12.4 Å². The van der Waals surface area contributed by atoms with Crippen molar-refractivity contribution >= 4 is 18.3 Å². The van der Waals surface area contributed by atoms with Gasteiger partial charge in [-0.2, -0.15) is 0 Å². The topological polar surface area (TPSA) is 55.6 Å². The van der Waals surface area contributed by atoms with E-state index in [2.05, 4.69) is 0 Å². The average molecular weight is 305 g/mol. The molecule has 0 saturated carbocycles. The molecule has 0 aliphatic heterocycles.